The number of nitrogens with zero attached hydrogens (tertiary/aromatic N) is 2. The molecule has 4 amide bonds. The summed E-state index contributed by atoms with van der Waals surface area (Å²) >= 11 is 0. The summed E-state index contributed by atoms with van der Waals surface area (Å²) in [6, 6.07) is 7.69. The summed E-state index contributed by atoms with van der Waals surface area (Å²) in [6.07, 6.45) is 0.239. The van der Waals surface area contributed by atoms with Crippen molar-refractivity contribution in [2.45, 2.75) is 11.3 Å². The minimum Gasteiger partial charge on any atom is -0.338 e. The molecule has 31 heavy (non-hydrogen) atoms. The van der Waals surface area contributed by atoms with Crippen LogP contribution in [0, 0.1) is 10.1 Å². The predicted octanol–water partition coefficient (Wildman–Crippen LogP) is 1.65. The number of carbonyl (C=O) groups excluding carboxylic acids is 3. The summed E-state index contributed by atoms with van der Waals surface area (Å²) in [4.78, 5) is 47.4. The van der Waals surface area contributed by atoms with E-state index in [0.29, 0.717) is 0 Å². The zero-order valence-electron chi connectivity index (χ0n) is 15.8. The molecule has 0 saturated carbocycles. The van der Waals surface area contributed by atoms with Gasteiger partial charge in [0.2, 0.25) is 0 Å². The summed E-state index contributed by atoms with van der Waals surface area (Å²) in [7, 11) is -4.33. The normalized spacial score (nSPS) is 13.1. The van der Waals surface area contributed by atoms with Crippen molar-refractivity contribution < 1.29 is 32.3 Å². The largest absolute Gasteiger partial charge is 0.338 e. The number of nitro benzene ring substituents is 1. The predicted molar refractivity (Wildman–Crippen MR) is 106 cm³/mol. The lowest BCUT2D eigenvalue weighted by atomic mass is 10.1. The van der Waals surface area contributed by atoms with Crippen LogP contribution in [0.1, 0.15) is 27.1 Å². The van der Waals surface area contributed by atoms with Gasteiger partial charge in [0, 0.05) is 30.9 Å². The molecular formula is C18H16N4O8S. The summed E-state index contributed by atoms with van der Waals surface area (Å²) in [6.45, 7) is 0.117. The number of imide groups is 1. The Kier molecular flexibility index (Phi) is 5.99. The third-order valence-electron chi connectivity index (χ3n) is 4.42. The third-order valence-corrected chi connectivity index (χ3v) is 5.29. The Bertz CT molecular complexity index is 1180. The molecule has 0 bridgehead atoms. The number of nitrogens with one attached hydrogen (secondary N) is 2. The molecule has 3 N–H and O–H groups in total. The van der Waals surface area contributed by atoms with Crippen molar-refractivity contribution in [2.75, 3.05) is 18.4 Å². The quantitative estimate of drug-likeness (QED) is 0.188. The number of fused-ring (bicyclic) bond motifs is 1. The molecule has 1 aliphatic rings. The van der Waals surface area contributed by atoms with Gasteiger partial charge in [0.05, 0.1) is 20.9 Å². The molecule has 2 aromatic rings. The van der Waals surface area contributed by atoms with Gasteiger partial charge in [-0.25, -0.2) is 4.79 Å². The van der Waals surface area contributed by atoms with Crippen LogP contribution in [0.5, 0.6) is 0 Å². The first-order valence-corrected chi connectivity index (χ1v) is 10.3. The zero-order chi connectivity index (χ0) is 22.8. The topological polar surface area (TPSA) is 176 Å². The highest BCUT2D eigenvalue weighted by Gasteiger charge is 2.36. The lowest BCUT2D eigenvalue weighted by molar-refractivity contribution is -0.384. The summed E-state index contributed by atoms with van der Waals surface area (Å²) in [5.74, 6) is -1.19. The number of amides is 4. The number of benzene rings is 2. The molecule has 3 rings (SSSR count). The SMILES string of the molecule is O=C(NCCCN1C(=O)c2ccc([N+](=O)[O-])cc2C1=O)Nc1ccc(S(=O)(=O)O)cc1. The van der Waals surface area contributed by atoms with Crippen molar-refractivity contribution in [1.29, 1.82) is 0 Å². The highest BCUT2D eigenvalue weighted by atomic mass is 32.2. The Labute approximate surface area is 175 Å². The van der Waals surface area contributed by atoms with E-state index in [9.17, 15) is 32.9 Å². The second kappa shape index (κ2) is 8.49. The van der Waals surface area contributed by atoms with E-state index in [1.807, 2.05) is 0 Å². The number of nitro groups is 1. The standard InChI is InChI=1S/C18H16N4O8S/c23-16-14-7-4-12(22(26)27)10-15(14)17(24)21(16)9-1-8-19-18(25)20-11-2-5-13(6-3-11)31(28,29)30/h2-7,10H,1,8-9H2,(H2,19,20,25)(H,28,29,30). The molecule has 0 spiro atoms. The van der Waals surface area contributed by atoms with Crippen LogP contribution in [0.3, 0.4) is 0 Å². The Morgan fingerprint density at radius 2 is 1.71 bits per heavy atom. The maximum absolute atomic E-state index is 12.4. The minimum absolute atomic E-state index is 0.00345. The first-order chi connectivity index (χ1) is 14.6. The third kappa shape index (κ3) is 4.84. The molecule has 162 valence electrons. The molecule has 13 heteroatoms. The second-order valence-electron chi connectivity index (χ2n) is 6.48. The van der Waals surface area contributed by atoms with Crippen LogP contribution in [0.15, 0.2) is 47.4 Å². The van der Waals surface area contributed by atoms with E-state index in [1.165, 1.54) is 18.2 Å². The van der Waals surface area contributed by atoms with Gasteiger partial charge in [0.1, 0.15) is 0 Å². The van der Waals surface area contributed by atoms with E-state index in [2.05, 4.69) is 10.6 Å². The molecule has 0 aromatic heterocycles. The Balaban J connectivity index is 1.49. The molecule has 0 radical (unpaired) electrons. The number of rotatable bonds is 7. The van der Waals surface area contributed by atoms with E-state index in [4.69, 9.17) is 4.55 Å². The van der Waals surface area contributed by atoms with E-state index < -0.39 is 32.9 Å². The molecule has 1 heterocycles. The van der Waals surface area contributed by atoms with Crippen LogP contribution in [-0.4, -0.2) is 53.7 Å². The number of carbonyl (C=O) groups is 3. The van der Waals surface area contributed by atoms with E-state index in [1.54, 1.807) is 0 Å². The van der Waals surface area contributed by atoms with Crippen molar-refractivity contribution in [3.05, 3.63) is 63.7 Å². The average molecular weight is 448 g/mol. The molecule has 0 unspecified atom stereocenters. The highest BCUT2D eigenvalue weighted by Crippen LogP contribution is 2.26. The second-order valence-corrected chi connectivity index (χ2v) is 7.90. The molecule has 1 aliphatic heterocycles. The first-order valence-electron chi connectivity index (χ1n) is 8.85. The lowest BCUT2D eigenvalue weighted by Crippen LogP contribution is -2.35. The lowest BCUT2D eigenvalue weighted by Gasteiger charge is -2.14. The molecule has 12 nitrogen and oxygen atoms in total. The van der Waals surface area contributed by atoms with Gasteiger partial charge in [-0.1, -0.05) is 0 Å². The van der Waals surface area contributed by atoms with Gasteiger partial charge < -0.3 is 10.6 Å². The fraction of sp³-hybridized carbons (Fsp3) is 0.167. The Morgan fingerprint density at radius 3 is 2.32 bits per heavy atom. The van der Waals surface area contributed by atoms with E-state index in [-0.39, 0.29) is 46.9 Å². The number of anilines is 1. The fourth-order valence-corrected chi connectivity index (χ4v) is 3.40. The van der Waals surface area contributed by atoms with Gasteiger partial charge in [0.25, 0.3) is 27.6 Å². The Morgan fingerprint density at radius 1 is 1.06 bits per heavy atom. The molecule has 0 saturated heterocycles. The van der Waals surface area contributed by atoms with Crippen LogP contribution >= 0.6 is 0 Å². The van der Waals surface area contributed by atoms with Crippen molar-refractivity contribution >= 4 is 39.3 Å². The first kappa shape index (κ1) is 21.9. The van der Waals surface area contributed by atoms with Gasteiger partial charge >= 0.3 is 6.03 Å². The van der Waals surface area contributed by atoms with Gasteiger partial charge in [-0.3, -0.25) is 29.2 Å². The van der Waals surface area contributed by atoms with Crippen molar-refractivity contribution in [3.8, 4) is 0 Å². The van der Waals surface area contributed by atoms with Crippen LogP contribution in [0.2, 0.25) is 0 Å². The van der Waals surface area contributed by atoms with Crippen LogP contribution < -0.4 is 10.6 Å². The number of hydrogen-bond acceptors (Lipinski definition) is 7. The van der Waals surface area contributed by atoms with Crippen molar-refractivity contribution in [3.63, 3.8) is 0 Å². The van der Waals surface area contributed by atoms with Crippen molar-refractivity contribution in [2.24, 2.45) is 0 Å². The molecule has 2 aromatic carbocycles. The minimum atomic E-state index is -4.33. The van der Waals surface area contributed by atoms with Crippen LogP contribution in [0.25, 0.3) is 0 Å². The molecule has 0 fully saturated rings. The maximum Gasteiger partial charge on any atom is 0.319 e. The molecular weight excluding hydrogens is 432 g/mol. The summed E-state index contributed by atoms with van der Waals surface area (Å²) in [5, 5.41) is 15.8. The molecule has 0 atom stereocenters. The Hall–Kier alpha value is -3.84. The zero-order valence-corrected chi connectivity index (χ0v) is 16.6. The van der Waals surface area contributed by atoms with Crippen molar-refractivity contribution in [1.82, 2.24) is 10.2 Å². The number of hydrogen-bond donors (Lipinski definition) is 3. The number of non-ortho nitro benzene ring substituents is 1. The van der Waals surface area contributed by atoms with Gasteiger partial charge in [-0.2, -0.15) is 8.42 Å². The van der Waals surface area contributed by atoms with E-state index >= 15 is 0 Å². The maximum atomic E-state index is 12.4. The van der Waals surface area contributed by atoms with Crippen LogP contribution in [-0.2, 0) is 10.1 Å². The smallest absolute Gasteiger partial charge is 0.319 e. The van der Waals surface area contributed by atoms with Gasteiger partial charge in [0.15, 0.2) is 0 Å². The fourth-order valence-electron chi connectivity index (χ4n) is 2.92. The highest BCUT2D eigenvalue weighted by molar-refractivity contribution is 7.85. The summed E-state index contributed by atoms with van der Waals surface area (Å²) < 4.78 is 30.9. The van der Waals surface area contributed by atoms with E-state index in [0.717, 1.165) is 29.2 Å². The van der Waals surface area contributed by atoms with Gasteiger partial charge in [-0.05, 0) is 36.8 Å². The monoisotopic (exact) mass is 448 g/mol. The average Bonchev–Trinajstić information content (AvgIpc) is 2.95. The van der Waals surface area contributed by atoms with Crippen LogP contribution in [0.4, 0.5) is 16.2 Å². The molecule has 0 aliphatic carbocycles. The number of urea groups is 1. The summed E-state index contributed by atoms with van der Waals surface area (Å²) in [5.41, 5.74) is 0.0597. The van der Waals surface area contributed by atoms with Gasteiger partial charge in [-0.15, -0.1) is 0 Å².